The summed E-state index contributed by atoms with van der Waals surface area (Å²) in [6.45, 7) is 5.02. The lowest BCUT2D eigenvalue weighted by Crippen LogP contribution is -2.51. The van der Waals surface area contributed by atoms with E-state index in [4.69, 9.17) is 23.2 Å². The molecule has 0 radical (unpaired) electrons. The lowest BCUT2D eigenvalue weighted by Gasteiger charge is -2.38. The summed E-state index contributed by atoms with van der Waals surface area (Å²) in [7, 11) is 0. The minimum absolute atomic E-state index is 0.177. The SMILES string of the molecule is O=C(C1CCNCC1)N1CCN(c2ccc(Cl)c(-c3nc4cc(Cl)ccc4[nH]3)c2)CC1. The molecule has 3 aromatic rings. The minimum Gasteiger partial charge on any atom is -0.368 e. The van der Waals surface area contributed by atoms with Crippen LogP contribution in [-0.4, -0.2) is 60.0 Å². The van der Waals surface area contributed by atoms with E-state index in [1.54, 1.807) is 0 Å². The maximum Gasteiger partial charge on any atom is 0.225 e. The molecule has 0 saturated carbocycles. The second-order valence-corrected chi connectivity index (χ2v) is 9.09. The van der Waals surface area contributed by atoms with Crippen LogP contribution in [0.3, 0.4) is 0 Å². The van der Waals surface area contributed by atoms with Gasteiger partial charge in [-0.25, -0.2) is 4.98 Å². The maximum atomic E-state index is 12.8. The standard InChI is InChI=1S/C23H25Cl2N5O/c24-16-1-4-20-21(13-16)28-22(27-20)18-14-17(2-3-19(18)25)29-9-11-30(12-10-29)23(31)15-5-7-26-8-6-15/h1-4,13-15,26H,5-12H2,(H,27,28). The van der Waals surface area contributed by atoms with Crippen molar-refractivity contribution in [3.63, 3.8) is 0 Å². The number of anilines is 1. The number of piperazine rings is 1. The Balaban J connectivity index is 1.32. The van der Waals surface area contributed by atoms with Gasteiger partial charge in [-0.2, -0.15) is 0 Å². The number of hydrogen-bond donors (Lipinski definition) is 2. The molecule has 0 aliphatic carbocycles. The first-order valence-electron chi connectivity index (χ1n) is 10.8. The quantitative estimate of drug-likeness (QED) is 0.618. The van der Waals surface area contributed by atoms with E-state index in [-0.39, 0.29) is 5.92 Å². The molecule has 1 aromatic heterocycles. The normalized spacial score (nSPS) is 18.0. The molecule has 0 atom stereocenters. The van der Waals surface area contributed by atoms with Crippen LogP contribution < -0.4 is 10.2 Å². The lowest BCUT2D eigenvalue weighted by molar-refractivity contribution is -0.136. The van der Waals surface area contributed by atoms with Crippen molar-refractivity contribution in [3.8, 4) is 11.4 Å². The summed E-state index contributed by atoms with van der Waals surface area (Å²) < 4.78 is 0. The Hall–Kier alpha value is -2.28. The number of rotatable bonds is 3. The van der Waals surface area contributed by atoms with Gasteiger partial charge in [-0.15, -0.1) is 0 Å². The number of aromatic nitrogens is 2. The van der Waals surface area contributed by atoms with Crippen molar-refractivity contribution in [1.29, 1.82) is 0 Å². The highest BCUT2D eigenvalue weighted by Gasteiger charge is 2.28. The van der Waals surface area contributed by atoms with E-state index in [0.717, 1.165) is 80.2 Å². The molecule has 31 heavy (non-hydrogen) atoms. The zero-order valence-electron chi connectivity index (χ0n) is 17.2. The first kappa shape index (κ1) is 20.6. The van der Waals surface area contributed by atoms with Gasteiger partial charge >= 0.3 is 0 Å². The van der Waals surface area contributed by atoms with Gasteiger partial charge in [0.1, 0.15) is 5.82 Å². The van der Waals surface area contributed by atoms with Crippen molar-refractivity contribution in [2.75, 3.05) is 44.2 Å². The van der Waals surface area contributed by atoms with Crippen molar-refractivity contribution in [2.24, 2.45) is 5.92 Å². The summed E-state index contributed by atoms with van der Waals surface area (Å²) in [5.74, 6) is 1.22. The Morgan fingerprint density at radius 2 is 1.77 bits per heavy atom. The average Bonchev–Trinajstić information content (AvgIpc) is 3.22. The van der Waals surface area contributed by atoms with Gasteiger partial charge in [0.05, 0.1) is 16.1 Å². The fourth-order valence-electron chi connectivity index (χ4n) is 4.51. The first-order chi connectivity index (χ1) is 15.1. The number of carbonyl (C=O) groups is 1. The number of H-pyrrole nitrogens is 1. The van der Waals surface area contributed by atoms with Crippen LogP contribution in [0.5, 0.6) is 0 Å². The molecule has 2 saturated heterocycles. The maximum absolute atomic E-state index is 12.8. The number of halogens is 2. The second kappa shape index (κ2) is 8.69. The van der Waals surface area contributed by atoms with Crippen molar-refractivity contribution in [2.45, 2.75) is 12.8 Å². The van der Waals surface area contributed by atoms with Gasteiger partial charge in [0, 0.05) is 48.4 Å². The summed E-state index contributed by atoms with van der Waals surface area (Å²) in [6, 6.07) is 11.6. The highest BCUT2D eigenvalue weighted by Crippen LogP contribution is 2.32. The van der Waals surface area contributed by atoms with E-state index >= 15 is 0 Å². The van der Waals surface area contributed by atoms with Crippen molar-refractivity contribution >= 4 is 45.8 Å². The number of imidazole rings is 1. The molecular weight excluding hydrogens is 433 g/mol. The number of piperidine rings is 1. The van der Waals surface area contributed by atoms with Crippen LogP contribution >= 0.6 is 23.2 Å². The summed E-state index contributed by atoms with van der Waals surface area (Å²) in [4.78, 5) is 25.2. The zero-order chi connectivity index (χ0) is 21.4. The highest BCUT2D eigenvalue weighted by molar-refractivity contribution is 6.33. The monoisotopic (exact) mass is 457 g/mol. The van der Waals surface area contributed by atoms with Crippen LogP contribution in [0, 0.1) is 5.92 Å². The number of benzene rings is 2. The largest absolute Gasteiger partial charge is 0.368 e. The van der Waals surface area contributed by atoms with Crippen molar-refractivity contribution < 1.29 is 4.79 Å². The topological polar surface area (TPSA) is 64.3 Å². The molecule has 8 heteroatoms. The fourth-order valence-corrected chi connectivity index (χ4v) is 4.88. The molecule has 0 spiro atoms. The molecule has 1 amide bonds. The molecule has 0 unspecified atom stereocenters. The van der Waals surface area contributed by atoms with Gasteiger partial charge in [-0.1, -0.05) is 23.2 Å². The van der Waals surface area contributed by atoms with Crippen LogP contribution in [0.15, 0.2) is 36.4 Å². The van der Waals surface area contributed by atoms with Crippen LogP contribution in [0.2, 0.25) is 10.0 Å². The summed E-state index contributed by atoms with van der Waals surface area (Å²) >= 11 is 12.6. The molecular formula is C23H25Cl2N5O. The predicted octanol–water partition coefficient (Wildman–Crippen LogP) is 4.18. The Labute approximate surface area is 191 Å². The van der Waals surface area contributed by atoms with Gasteiger partial charge in [-0.05, 0) is 62.3 Å². The van der Waals surface area contributed by atoms with Crippen molar-refractivity contribution in [1.82, 2.24) is 20.2 Å². The van der Waals surface area contributed by atoms with E-state index in [0.29, 0.717) is 16.0 Å². The van der Waals surface area contributed by atoms with Gasteiger partial charge in [0.25, 0.3) is 0 Å². The number of nitrogens with zero attached hydrogens (tertiary/aromatic N) is 3. The number of nitrogens with one attached hydrogen (secondary N) is 2. The summed E-state index contributed by atoms with van der Waals surface area (Å²) in [5, 5.41) is 4.63. The predicted molar refractivity (Wildman–Crippen MR) is 126 cm³/mol. The Morgan fingerprint density at radius 3 is 2.55 bits per heavy atom. The number of carbonyl (C=O) groups excluding carboxylic acids is 1. The van der Waals surface area contributed by atoms with Crippen LogP contribution in [0.1, 0.15) is 12.8 Å². The van der Waals surface area contributed by atoms with Crippen LogP contribution in [0.4, 0.5) is 5.69 Å². The molecule has 5 rings (SSSR count). The highest BCUT2D eigenvalue weighted by atomic mass is 35.5. The average molecular weight is 458 g/mol. The van der Waals surface area contributed by atoms with E-state index in [9.17, 15) is 4.79 Å². The number of aromatic amines is 1. The van der Waals surface area contributed by atoms with Gasteiger partial charge < -0.3 is 20.1 Å². The van der Waals surface area contributed by atoms with E-state index < -0.39 is 0 Å². The number of fused-ring (bicyclic) bond motifs is 1. The van der Waals surface area contributed by atoms with E-state index in [2.05, 4.69) is 26.3 Å². The zero-order valence-corrected chi connectivity index (χ0v) is 18.7. The first-order valence-corrected chi connectivity index (χ1v) is 11.5. The number of hydrogen-bond acceptors (Lipinski definition) is 4. The van der Waals surface area contributed by atoms with Crippen LogP contribution in [0.25, 0.3) is 22.4 Å². The Morgan fingerprint density at radius 1 is 1.00 bits per heavy atom. The lowest BCUT2D eigenvalue weighted by atomic mass is 9.96. The fraction of sp³-hybridized carbons (Fsp3) is 0.391. The summed E-state index contributed by atoms with van der Waals surface area (Å²) in [6.07, 6.45) is 1.89. The molecule has 3 heterocycles. The van der Waals surface area contributed by atoms with E-state index in [1.807, 2.05) is 35.2 Å². The Kier molecular flexibility index (Phi) is 5.78. The third-order valence-corrected chi connectivity index (χ3v) is 6.86. The molecule has 2 aliphatic heterocycles. The minimum atomic E-state index is 0.177. The van der Waals surface area contributed by atoms with E-state index in [1.165, 1.54) is 0 Å². The third-order valence-electron chi connectivity index (χ3n) is 6.30. The molecule has 2 fully saturated rings. The summed E-state index contributed by atoms with van der Waals surface area (Å²) in [5.41, 5.74) is 3.69. The van der Waals surface area contributed by atoms with Crippen molar-refractivity contribution in [3.05, 3.63) is 46.4 Å². The molecule has 2 aromatic carbocycles. The van der Waals surface area contributed by atoms with Gasteiger partial charge in [-0.3, -0.25) is 4.79 Å². The molecule has 2 N–H and O–H groups in total. The van der Waals surface area contributed by atoms with Gasteiger partial charge in [0.15, 0.2) is 0 Å². The van der Waals surface area contributed by atoms with Crippen LogP contribution in [-0.2, 0) is 4.79 Å². The smallest absolute Gasteiger partial charge is 0.225 e. The molecule has 2 aliphatic rings. The van der Waals surface area contributed by atoms with Gasteiger partial charge in [0.2, 0.25) is 5.91 Å². The number of amides is 1. The Bertz CT molecular complexity index is 1100. The molecule has 0 bridgehead atoms. The third kappa shape index (κ3) is 4.25. The molecule has 6 nitrogen and oxygen atoms in total. The second-order valence-electron chi connectivity index (χ2n) is 8.25. The molecule has 162 valence electrons.